The molecule has 2 aromatic rings. The molecule has 5 heteroatoms. The largest absolute Gasteiger partial charge is 0.386 e. The molecule has 0 aliphatic carbocycles. The van der Waals surface area contributed by atoms with E-state index in [1.165, 1.54) is 6.07 Å². The maximum atomic E-state index is 12.8. The van der Waals surface area contributed by atoms with Crippen LogP contribution in [-0.4, -0.2) is 28.7 Å². The molecule has 80 valence electrons. The van der Waals surface area contributed by atoms with Crippen molar-refractivity contribution < 1.29 is 9.50 Å². The Morgan fingerprint density at radius 3 is 3.13 bits per heavy atom. The van der Waals surface area contributed by atoms with E-state index in [2.05, 4.69) is 15.3 Å². The molecule has 1 atom stereocenters. The van der Waals surface area contributed by atoms with Gasteiger partial charge < -0.3 is 15.4 Å². The van der Waals surface area contributed by atoms with Crippen molar-refractivity contribution in [2.24, 2.45) is 0 Å². The van der Waals surface area contributed by atoms with E-state index in [-0.39, 0.29) is 5.82 Å². The third-order valence-corrected chi connectivity index (χ3v) is 2.21. The van der Waals surface area contributed by atoms with Gasteiger partial charge >= 0.3 is 0 Å². The number of aliphatic hydroxyl groups is 1. The smallest absolute Gasteiger partial charge is 0.143 e. The monoisotopic (exact) mass is 209 g/mol. The Labute approximate surface area is 86.1 Å². The summed E-state index contributed by atoms with van der Waals surface area (Å²) in [6.45, 7) is 0.440. The van der Waals surface area contributed by atoms with Gasteiger partial charge in [-0.3, -0.25) is 4.98 Å². The average Bonchev–Trinajstić information content (AvgIpc) is 2.60. The Balaban J connectivity index is 2.38. The van der Waals surface area contributed by atoms with Crippen molar-refractivity contribution in [3.05, 3.63) is 29.8 Å². The third-order valence-electron chi connectivity index (χ3n) is 2.21. The molecule has 15 heavy (non-hydrogen) atoms. The molecule has 2 heterocycles. The lowest BCUT2D eigenvalue weighted by molar-refractivity contribution is 0.174. The summed E-state index contributed by atoms with van der Waals surface area (Å²) in [5, 5.41) is 12.5. The molecular formula is C10H12FN3O. The van der Waals surface area contributed by atoms with Gasteiger partial charge in [0.15, 0.2) is 0 Å². The number of halogens is 1. The van der Waals surface area contributed by atoms with E-state index in [1.54, 1.807) is 13.1 Å². The van der Waals surface area contributed by atoms with E-state index >= 15 is 0 Å². The lowest BCUT2D eigenvalue weighted by atomic mass is 10.2. The maximum Gasteiger partial charge on any atom is 0.143 e. The number of hydrogen-bond donors (Lipinski definition) is 3. The zero-order valence-corrected chi connectivity index (χ0v) is 8.29. The molecule has 0 radical (unpaired) electrons. The number of fused-ring (bicyclic) bond motifs is 1. The standard InChI is InChI=1S/C10H12FN3O/c1-12-5-10(15)9-3-7-8(14-9)2-6(11)4-13-7/h2-4,10,12,14-15H,5H2,1H3. The van der Waals surface area contributed by atoms with Crippen molar-refractivity contribution in [2.45, 2.75) is 6.10 Å². The Morgan fingerprint density at radius 1 is 1.60 bits per heavy atom. The van der Waals surface area contributed by atoms with Crippen molar-refractivity contribution in [1.29, 1.82) is 0 Å². The zero-order chi connectivity index (χ0) is 10.8. The molecule has 0 aromatic carbocycles. The topological polar surface area (TPSA) is 60.9 Å². The van der Waals surface area contributed by atoms with Crippen LogP contribution in [0.2, 0.25) is 0 Å². The van der Waals surface area contributed by atoms with Crippen molar-refractivity contribution >= 4 is 11.0 Å². The van der Waals surface area contributed by atoms with Gasteiger partial charge in [-0.2, -0.15) is 0 Å². The summed E-state index contributed by atoms with van der Waals surface area (Å²) in [6, 6.07) is 3.08. The first-order chi connectivity index (χ1) is 7.20. The molecular weight excluding hydrogens is 197 g/mol. The first-order valence-electron chi connectivity index (χ1n) is 4.67. The fourth-order valence-electron chi connectivity index (χ4n) is 1.49. The van der Waals surface area contributed by atoms with Crippen LogP contribution >= 0.6 is 0 Å². The van der Waals surface area contributed by atoms with E-state index in [0.717, 1.165) is 6.20 Å². The molecule has 1 unspecified atom stereocenters. The molecule has 0 amide bonds. The summed E-state index contributed by atoms with van der Waals surface area (Å²) in [7, 11) is 1.75. The molecule has 0 aliphatic heterocycles. The molecule has 4 nitrogen and oxygen atoms in total. The van der Waals surface area contributed by atoms with Gasteiger partial charge in [0.05, 0.1) is 17.2 Å². The van der Waals surface area contributed by atoms with Crippen molar-refractivity contribution in [3.63, 3.8) is 0 Å². The van der Waals surface area contributed by atoms with E-state index in [9.17, 15) is 9.50 Å². The van der Waals surface area contributed by atoms with Crippen LogP contribution in [0.1, 0.15) is 11.8 Å². The average molecular weight is 209 g/mol. The Bertz CT molecular complexity index is 469. The lowest BCUT2D eigenvalue weighted by Gasteiger charge is -2.06. The van der Waals surface area contributed by atoms with Gasteiger partial charge in [0, 0.05) is 18.3 Å². The molecule has 3 N–H and O–H groups in total. The molecule has 0 bridgehead atoms. The van der Waals surface area contributed by atoms with Crippen LogP contribution in [0.25, 0.3) is 11.0 Å². The van der Waals surface area contributed by atoms with Crippen LogP contribution in [0, 0.1) is 5.82 Å². The second-order valence-electron chi connectivity index (χ2n) is 3.38. The summed E-state index contributed by atoms with van der Waals surface area (Å²) >= 11 is 0. The zero-order valence-electron chi connectivity index (χ0n) is 8.29. The number of nitrogens with zero attached hydrogens (tertiary/aromatic N) is 1. The number of aromatic amines is 1. The Morgan fingerprint density at radius 2 is 2.40 bits per heavy atom. The highest BCUT2D eigenvalue weighted by molar-refractivity contribution is 5.75. The highest BCUT2D eigenvalue weighted by Crippen LogP contribution is 2.18. The van der Waals surface area contributed by atoms with Gasteiger partial charge in [0.25, 0.3) is 0 Å². The predicted octanol–water partition coefficient (Wildman–Crippen LogP) is 0.955. The fraction of sp³-hybridized carbons (Fsp3) is 0.300. The van der Waals surface area contributed by atoms with Gasteiger partial charge in [-0.15, -0.1) is 0 Å². The Kier molecular flexibility index (Phi) is 2.66. The summed E-state index contributed by atoms with van der Waals surface area (Å²) in [5.74, 6) is -0.390. The lowest BCUT2D eigenvalue weighted by Crippen LogP contribution is -2.16. The Hall–Kier alpha value is -1.46. The number of likely N-dealkylation sites (N-methyl/N-ethyl adjacent to an activating group) is 1. The molecule has 0 saturated heterocycles. The van der Waals surface area contributed by atoms with Crippen molar-refractivity contribution in [3.8, 4) is 0 Å². The van der Waals surface area contributed by atoms with Crippen LogP contribution in [0.15, 0.2) is 18.3 Å². The minimum absolute atomic E-state index is 0.390. The van der Waals surface area contributed by atoms with Crippen LogP contribution in [0.4, 0.5) is 4.39 Å². The SMILES string of the molecule is CNCC(O)c1cc2ncc(F)cc2[nH]1. The molecule has 2 rings (SSSR count). The van der Waals surface area contributed by atoms with E-state index < -0.39 is 6.10 Å². The molecule has 0 fully saturated rings. The fourth-order valence-corrected chi connectivity index (χ4v) is 1.49. The molecule has 0 saturated carbocycles. The number of hydrogen-bond acceptors (Lipinski definition) is 3. The molecule has 0 aliphatic rings. The minimum atomic E-state index is -0.632. The first kappa shape index (κ1) is 10.1. The van der Waals surface area contributed by atoms with E-state index in [4.69, 9.17) is 0 Å². The summed E-state index contributed by atoms with van der Waals surface area (Å²) in [6.07, 6.45) is 0.525. The maximum absolute atomic E-state index is 12.8. The van der Waals surface area contributed by atoms with Gasteiger partial charge in [-0.05, 0) is 13.1 Å². The highest BCUT2D eigenvalue weighted by atomic mass is 19.1. The number of aliphatic hydroxyl groups excluding tert-OH is 1. The normalized spacial score (nSPS) is 13.3. The summed E-state index contributed by atoms with van der Waals surface area (Å²) in [4.78, 5) is 6.83. The number of pyridine rings is 1. The van der Waals surface area contributed by atoms with Crippen LogP contribution in [0.5, 0.6) is 0 Å². The van der Waals surface area contributed by atoms with Gasteiger partial charge in [-0.1, -0.05) is 0 Å². The van der Waals surface area contributed by atoms with Crippen LogP contribution in [0.3, 0.4) is 0 Å². The second kappa shape index (κ2) is 3.96. The number of nitrogens with one attached hydrogen (secondary N) is 2. The van der Waals surface area contributed by atoms with E-state index in [0.29, 0.717) is 23.3 Å². The second-order valence-corrected chi connectivity index (χ2v) is 3.38. The first-order valence-corrected chi connectivity index (χ1v) is 4.67. The van der Waals surface area contributed by atoms with Crippen molar-refractivity contribution in [2.75, 3.05) is 13.6 Å². The van der Waals surface area contributed by atoms with Crippen LogP contribution in [-0.2, 0) is 0 Å². The number of aromatic nitrogens is 2. The molecule has 2 aromatic heterocycles. The van der Waals surface area contributed by atoms with E-state index in [1.807, 2.05) is 0 Å². The summed E-state index contributed by atoms with van der Waals surface area (Å²) < 4.78 is 12.8. The summed E-state index contributed by atoms with van der Waals surface area (Å²) in [5.41, 5.74) is 1.89. The predicted molar refractivity (Wildman–Crippen MR) is 54.9 cm³/mol. The number of rotatable bonds is 3. The van der Waals surface area contributed by atoms with Gasteiger partial charge in [-0.25, -0.2) is 4.39 Å². The quantitative estimate of drug-likeness (QED) is 0.705. The minimum Gasteiger partial charge on any atom is -0.386 e. The third kappa shape index (κ3) is 1.98. The van der Waals surface area contributed by atoms with Gasteiger partial charge in [0.2, 0.25) is 0 Å². The molecule has 0 spiro atoms. The van der Waals surface area contributed by atoms with Gasteiger partial charge in [0.1, 0.15) is 11.9 Å². The van der Waals surface area contributed by atoms with Crippen molar-refractivity contribution in [1.82, 2.24) is 15.3 Å². The highest BCUT2D eigenvalue weighted by Gasteiger charge is 2.10. The number of H-pyrrole nitrogens is 1. The van der Waals surface area contributed by atoms with Crippen LogP contribution < -0.4 is 5.32 Å².